The minimum absolute atomic E-state index is 0.169. The lowest BCUT2D eigenvalue weighted by Gasteiger charge is -2.14. The summed E-state index contributed by atoms with van der Waals surface area (Å²) in [5.41, 5.74) is 1.78. The number of hydrogen-bond acceptors (Lipinski definition) is 7. The maximum atomic E-state index is 13.1. The first-order valence-electron chi connectivity index (χ1n) is 9.74. The van der Waals surface area contributed by atoms with Crippen molar-refractivity contribution in [2.75, 3.05) is 12.4 Å². The summed E-state index contributed by atoms with van der Waals surface area (Å²) in [6.45, 7) is 0.191. The van der Waals surface area contributed by atoms with E-state index in [1.54, 1.807) is 66.1 Å². The number of aliphatic hydroxyl groups is 1. The molecular formula is C22H21ClN6O3. The highest BCUT2D eigenvalue weighted by atomic mass is 35.5. The van der Waals surface area contributed by atoms with Gasteiger partial charge in [-0.15, -0.1) is 0 Å². The topological polar surface area (TPSA) is 107 Å². The summed E-state index contributed by atoms with van der Waals surface area (Å²) in [6.07, 6.45) is 6.46. The highest BCUT2D eigenvalue weighted by Crippen LogP contribution is 2.26. The number of methoxy groups -OCH3 is 1. The van der Waals surface area contributed by atoms with Crippen molar-refractivity contribution in [3.05, 3.63) is 82.8 Å². The van der Waals surface area contributed by atoms with Gasteiger partial charge in [0.25, 0.3) is 0 Å². The van der Waals surface area contributed by atoms with Gasteiger partial charge in [0.1, 0.15) is 11.6 Å². The van der Waals surface area contributed by atoms with Crippen LogP contribution >= 0.6 is 11.6 Å². The molecule has 0 saturated heterocycles. The molecule has 2 N–H and O–H groups in total. The lowest BCUT2D eigenvalue weighted by molar-refractivity contribution is 0.102. The van der Waals surface area contributed by atoms with Crippen LogP contribution in [0.4, 0.5) is 5.82 Å². The number of halogens is 1. The van der Waals surface area contributed by atoms with Gasteiger partial charge in [-0.2, -0.15) is 4.98 Å². The van der Waals surface area contributed by atoms with E-state index in [0.717, 1.165) is 5.56 Å². The molecule has 0 atom stereocenters. The van der Waals surface area contributed by atoms with E-state index in [1.165, 1.54) is 6.20 Å². The van der Waals surface area contributed by atoms with Gasteiger partial charge in [-0.25, -0.2) is 9.97 Å². The predicted octanol–water partition coefficient (Wildman–Crippen LogP) is 3.00. The Morgan fingerprint density at radius 2 is 2.09 bits per heavy atom. The van der Waals surface area contributed by atoms with Crippen LogP contribution in [0.25, 0.3) is 5.95 Å². The zero-order valence-electron chi connectivity index (χ0n) is 17.5. The minimum atomic E-state index is -0.311. The number of rotatable bonds is 8. The lowest BCUT2D eigenvalue weighted by Crippen LogP contribution is -2.16. The van der Waals surface area contributed by atoms with E-state index in [2.05, 4.69) is 20.3 Å². The number of ketones is 1. The van der Waals surface area contributed by atoms with Gasteiger partial charge in [0.15, 0.2) is 5.82 Å². The minimum Gasteiger partial charge on any atom is -0.495 e. The Kier molecular flexibility index (Phi) is 6.20. The van der Waals surface area contributed by atoms with E-state index in [4.69, 9.17) is 16.3 Å². The maximum absolute atomic E-state index is 13.1. The number of aryl methyl sites for hydroxylation is 1. The van der Waals surface area contributed by atoms with Crippen molar-refractivity contribution in [1.29, 1.82) is 0 Å². The van der Waals surface area contributed by atoms with Crippen LogP contribution in [0.15, 0.2) is 55.1 Å². The number of aromatic nitrogens is 5. The van der Waals surface area contributed by atoms with Crippen LogP contribution in [0.3, 0.4) is 0 Å². The van der Waals surface area contributed by atoms with Crippen LogP contribution in [-0.2, 0) is 20.2 Å². The number of anilines is 1. The SMILES string of the molecule is COc1ccc(CNc2nc(-n3cccc3CO)ncc2C(=O)c2nccn2C)cc1Cl. The highest BCUT2D eigenvalue weighted by Gasteiger charge is 2.21. The van der Waals surface area contributed by atoms with Crippen molar-refractivity contribution in [3.8, 4) is 11.7 Å². The molecule has 4 aromatic rings. The lowest BCUT2D eigenvalue weighted by atomic mass is 10.1. The molecular weight excluding hydrogens is 432 g/mol. The normalized spacial score (nSPS) is 10.9. The van der Waals surface area contributed by atoms with E-state index in [-0.39, 0.29) is 23.8 Å². The second-order valence-electron chi connectivity index (χ2n) is 6.97. The molecule has 9 nitrogen and oxygen atoms in total. The third-order valence-corrected chi connectivity index (χ3v) is 5.23. The number of ether oxygens (including phenoxy) is 1. The molecule has 3 heterocycles. The Labute approximate surface area is 189 Å². The molecule has 3 aromatic heterocycles. The molecule has 0 fully saturated rings. The van der Waals surface area contributed by atoms with E-state index < -0.39 is 0 Å². The van der Waals surface area contributed by atoms with Gasteiger partial charge in [0.05, 0.1) is 30.0 Å². The van der Waals surface area contributed by atoms with E-state index in [1.807, 2.05) is 6.07 Å². The number of carbonyl (C=O) groups is 1. The second kappa shape index (κ2) is 9.21. The molecule has 0 spiro atoms. The van der Waals surface area contributed by atoms with Gasteiger partial charge in [0, 0.05) is 38.4 Å². The third kappa shape index (κ3) is 4.20. The fourth-order valence-electron chi connectivity index (χ4n) is 3.24. The summed E-state index contributed by atoms with van der Waals surface area (Å²) in [5, 5.41) is 13.3. The van der Waals surface area contributed by atoms with Crippen LogP contribution in [0.1, 0.15) is 27.4 Å². The molecule has 164 valence electrons. The third-order valence-electron chi connectivity index (χ3n) is 4.93. The van der Waals surface area contributed by atoms with Crippen molar-refractivity contribution in [2.45, 2.75) is 13.2 Å². The second-order valence-corrected chi connectivity index (χ2v) is 7.38. The monoisotopic (exact) mass is 452 g/mol. The Morgan fingerprint density at radius 1 is 1.25 bits per heavy atom. The molecule has 10 heteroatoms. The van der Waals surface area contributed by atoms with Gasteiger partial charge in [-0.05, 0) is 29.8 Å². The van der Waals surface area contributed by atoms with Gasteiger partial charge in [-0.3, -0.25) is 9.36 Å². The van der Waals surface area contributed by atoms with E-state index in [9.17, 15) is 9.90 Å². The van der Waals surface area contributed by atoms with Crippen LogP contribution in [-0.4, -0.2) is 42.1 Å². The quantitative estimate of drug-likeness (QED) is 0.396. The first-order chi connectivity index (χ1) is 15.5. The number of carbonyl (C=O) groups excluding carboxylic acids is 1. The predicted molar refractivity (Wildman–Crippen MR) is 119 cm³/mol. The molecule has 32 heavy (non-hydrogen) atoms. The molecule has 4 rings (SSSR count). The summed E-state index contributed by atoms with van der Waals surface area (Å²) in [6, 6.07) is 8.98. The Bertz CT molecular complexity index is 1270. The summed E-state index contributed by atoms with van der Waals surface area (Å²) in [4.78, 5) is 26.2. The molecule has 0 aliphatic carbocycles. The highest BCUT2D eigenvalue weighted by molar-refractivity contribution is 6.32. The van der Waals surface area contributed by atoms with Gasteiger partial charge < -0.3 is 19.7 Å². The number of imidazole rings is 1. The number of aliphatic hydroxyl groups excluding tert-OH is 1. The number of hydrogen-bond donors (Lipinski definition) is 2. The average molecular weight is 453 g/mol. The zero-order chi connectivity index (χ0) is 22.7. The molecule has 0 aliphatic rings. The Morgan fingerprint density at radius 3 is 2.78 bits per heavy atom. The molecule has 1 aromatic carbocycles. The van der Waals surface area contributed by atoms with Crippen molar-refractivity contribution in [3.63, 3.8) is 0 Å². The molecule has 0 bridgehead atoms. The Balaban J connectivity index is 1.71. The largest absolute Gasteiger partial charge is 0.495 e. The number of nitrogens with zero attached hydrogens (tertiary/aromatic N) is 5. The fraction of sp³-hybridized carbons (Fsp3) is 0.182. The molecule has 0 unspecified atom stereocenters. The van der Waals surface area contributed by atoms with Gasteiger partial charge in [0.2, 0.25) is 11.7 Å². The van der Waals surface area contributed by atoms with Crippen molar-refractivity contribution < 1.29 is 14.6 Å². The first kappa shape index (κ1) is 21.5. The Hall–Kier alpha value is -3.69. The smallest absolute Gasteiger partial charge is 0.235 e. The standard InChI is InChI=1S/C22H21ClN6O3/c1-28-9-7-24-21(28)19(31)16-12-26-22(29-8-3-4-15(29)13-30)27-20(16)25-11-14-5-6-18(32-2)17(23)10-14/h3-10,12,30H,11,13H2,1-2H3,(H,25,26,27). The van der Waals surface area contributed by atoms with Crippen molar-refractivity contribution in [2.24, 2.45) is 7.05 Å². The molecule has 0 saturated carbocycles. The summed E-state index contributed by atoms with van der Waals surface area (Å²) < 4.78 is 8.49. The fourth-order valence-corrected chi connectivity index (χ4v) is 3.52. The van der Waals surface area contributed by atoms with Gasteiger partial charge >= 0.3 is 0 Å². The van der Waals surface area contributed by atoms with E-state index in [0.29, 0.717) is 34.8 Å². The molecule has 0 amide bonds. The summed E-state index contributed by atoms with van der Waals surface area (Å²) in [5.74, 6) is 1.20. The summed E-state index contributed by atoms with van der Waals surface area (Å²) >= 11 is 6.23. The van der Waals surface area contributed by atoms with Crippen LogP contribution in [0.5, 0.6) is 5.75 Å². The van der Waals surface area contributed by atoms with Gasteiger partial charge in [-0.1, -0.05) is 17.7 Å². The molecule has 0 aliphatic heterocycles. The van der Waals surface area contributed by atoms with Crippen molar-refractivity contribution >= 4 is 23.2 Å². The number of benzene rings is 1. The summed E-state index contributed by atoms with van der Waals surface area (Å²) in [7, 11) is 3.30. The maximum Gasteiger partial charge on any atom is 0.235 e. The molecule has 0 radical (unpaired) electrons. The van der Waals surface area contributed by atoms with Crippen LogP contribution in [0, 0.1) is 0 Å². The van der Waals surface area contributed by atoms with Crippen molar-refractivity contribution in [1.82, 2.24) is 24.1 Å². The van der Waals surface area contributed by atoms with Crippen LogP contribution in [0.2, 0.25) is 5.02 Å². The van der Waals surface area contributed by atoms with E-state index >= 15 is 0 Å². The average Bonchev–Trinajstić information content (AvgIpc) is 3.46. The van der Waals surface area contributed by atoms with Crippen LogP contribution < -0.4 is 10.1 Å². The zero-order valence-corrected chi connectivity index (χ0v) is 18.2. The first-order valence-corrected chi connectivity index (χ1v) is 10.1. The number of nitrogens with one attached hydrogen (secondary N) is 1.